The number of carbonyl (C=O) groups excluding carboxylic acids is 3. The standard InChI is InChI=1S/C19H32N4O5/c1-12(2)9-22-8-7-21(17(27)28-18(4,5)6)10-19(22)11-23(16(19)26)14(13(3)24)15(20)25/h12,14,24H,3,7-11H2,1-2,4-6H3,(H2,20,25)/t14-,19?/m0/s1. The number of hydrogen-bond acceptors (Lipinski definition) is 6. The van der Waals surface area contributed by atoms with Gasteiger partial charge in [-0.2, -0.15) is 0 Å². The molecule has 1 unspecified atom stereocenters. The third kappa shape index (κ3) is 4.24. The van der Waals surface area contributed by atoms with E-state index in [2.05, 4.69) is 25.3 Å². The van der Waals surface area contributed by atoms with E-state index in [1.165, 1.54) is 9.80 Å². The summed E-state index contributed by atoms with van der Waals surface area (Å²) < 4.78 is 5.46. The van der Waals surface area contributed by atoms with Crippen LogP contribution in [0.1, 0.15) is 34.6 Å². The third-order valence-corrected chi connectivity index (χ3v) is 4.92. The molecule has 28 heavy (non-hydrogen) atoms. The number of amides is 3. The van der Waals surface area contributed by atoms with Crippen LogP contribution in [-0.4, -0.2) is 87.6 Å². The van der Waals surface area contributed by atoms with Gasteiger partial charge >= 0.3 is 6.09 Å². The van der Waals surface area contributed by atoms with Crippen molar-refractivity contribution in [2.45, 2.75) is 51.8 Å². The van der Waals surface area contributed by atoms with Gasteiger partial charge in [-0.25, -0.2) is 4.79 Å². The van der Waals surface area contributed by atoms with Crippen LogP contribution in [0, 0.1) is 5.92 Å². The van der Waals surface area contributed by atoms with Gasteiger partial charge in [-0.1, -0.05) is 20.4 Å². The van der Waals surface area contributed by atoms with E-state index in [1.807, 2.05) is 0 Å². The van der Waals surface area contributed by atoms with Gasteiger partial charge in [0.05, 0.1) is 13.1 Å². The maximum atomic E-state index is 13.2. The van der Waals surface area contributed by atoms with Gasteiger partial charge in [0.1, 0.15) is 16.9 Å². The topological polar surface area (TPSA) is 116 Å². The Kier molecular flexibility index (Phi) is 5.98. The van der Waals surface area contributed by atoms with E-state index in [0.717, 1.165) is 0 Å². The van der Waals surface area contributed by atoms with Crippen molar-refractivity contribution in [3.63, 3.8) is 0 Å². The van der Waals surface area contributed by atoms with Gasteiger partial charge in [-0.05, 0) is 26.7 Å². The predicted molar refractivity (Wildman–Crippen MR) is 103 cm³/mol. The van der Waals surface area contributed by atoms with Crippen LogP contribution in [0.2, 0.25) is 0 Å². The lowest BCUT2D eigenvalue weighted by atomic mass is 9.81. The molecule has 3 amide bonds. The van der Waals surface area contributed by atoms with Crippen molar-refractivity contribution in [1.29, 1.82) is 0 Å². The summed E-state index contributed by atoms with van der Waals surface area (Å²) in [5, 5.41) is 9.71. The van der Waals surface area contributed by atoms with E-state index in [1.54, 1.807) is 20.8 Å². The first-order valence-electron chi connectivity index (χ1n) is 9.49. The van der Waals surface area contributed by atoms with Crippen molar-refractivity contribution < 1.29 is 24.2 Å². The Morgan fingerprint density at radius 2 is 1.89 bits per heavy atom. The lowest BCUT2D eigenvalue weighted by molar-refractivity contribution is -0.178. The van der Waals surface area contributed by atoms with E-state index in [4.69, 9.17) is 10.5 Å². The zero-order valence-corrected chi connectivity index (χ0v) is 17.4. The number of ether oxygens (including phenoxy) is 1. The average Bonchev–Trinajstić information content (AvgIpc) is 2.52. The molecule has 9 nitrogen and oxygen atoms in total. The van der Waals surface area contributed by atoms with Crippen LogP contribution >= 0.6 is 0 Å². The molecule has 0 aliphatic carbocycles. The number of piperazine rings is 1. The molecule has 1 spiro atoms. The minimum atomic E-state index is -1.27. The summed E-state index contributed by atoms with van der Waals surface area (Å²) in [6.07, 6.45) is -0.472. The highest BCUT2D eigenvalue weighted by atomic mass is 16.6. The molecule has 2 saturated heterocycles. The zero-order chi connectivity index (χ0) is 21.4. The van der Waals surface area contributed by atoms with Crippen LogP contribution in [0.15, 0.2) is 12.3 Å². The van der Waals surface area contributed by atoms with Crippen molar-refractivity contribution in [3.8, 4) is 0 Å². The number of aliphatic hydroxyl groups excluding tert-OH is 1. The Balaban J connectivity index is 2.26. The Morgan fingerprint density at radius 1 is 1.29 bits per heavy atom. The largest absolute Gasteiger partial charge is 0.510 e. The summed E-state index contributed by atoms with van der Waals surface area (Å²) in [7, 11) is 0. The molecule has 0 radical (unpaired) electrons. The number of nitrogens with two attached hydrogens (primary N) is 1. The third-order valence-electron chi connectivity index (χ3n) is 4.92. The lowest BCUT2D eigenvalue weighted by Gasteiger charge is -2.59. The molecule has 0 aromatic carbocycles. The number of carbonyl (C=O) groups is 3. The molecular formula is C19H32N4O5. The van der Waals surface area contributed by atoms with Crippen LogP contribution in [0.25, 0.3) is 0 Å². The minimum Gasteiger partial charge on any atom is -0.510 e. The van der Waals surface area contributed by atoms with Gasteiger partial charge in [0.15, 0.2) is 6.04 Å². The van der Waals surface area contributed by atoms with E-state index in [0.29, 0.717) is 25.6 Å². The molecule has 2 rings (SSSR count). The molecule has 9 heteroatoms. The highest BCUT2D eigenvalue weighted by Gasteiger charge is 2.61. The van der Waals surface area contributed by atoms with Crippen LogP contribution in [-0.2, 0) is 14.3 Å². The van der Waals surface area contributed by atoms with E-state index >= 15 is 0 Å². The maximum Gasteiger partial charge on any atom is 0.410 e. The Bertz CT molecular complexity index is 658. The van der Waals surface area contributed by atoms with Crippen molar-refractivity contribution >= 4 is 17.9 Å². The molecule has 0 aromatic rings. The Hall–Kier alpha value is -2.29. The number of nitrogens with zero attached hydrogens (tertiary/aromatic N) is 3. The Labute approximate surface area is 166 Å². The van der Waals surface area contributed by atoms with Gasteiger partial charge in [0.2, 0.25) is 11.8 Å². The van der Waals surface area contributed by atoms with Crippen LogP contribution < -0.4 is 5.73 Å². The molecule has 0 aromatic heterocycles. The van der Waals surface area contributed by atoms with Crippen molar-refractivity contribution in [2.75, 3.05) is 32.7 Å². The number of hydrogen-bond donors (Lipinski definition) is 2. The second-order valence-corrected chi connectivity index (χ2v) is 9.00. The smallest absolute Gasteiger partial charge is 0.410 e. The fourth-order valence-electron chi connectivity index (χ4n) is 3.80. The Morgan fingerprint density at radius 3 is 2.32 bits per heavy atom. The molecule has 2 heterocycles. The number of β-lactam (4-membered cyclic amide) rings is 1. The summed E-state index contributed by atoms with van der Waals surface area (Å²) >= 11 is 0. The average molecular weight is 396 g/mol. The highest BCUT2D eigenvalue weighted by Crippen LogP contribution is 2.36. The maximum absolute atomic E-state index is 13.2. The predicted octanol–water partition coefficient (Wildman–Crippen LogP) is 0.702. The van der Waals surface area contributed by atoms with E-state index in [-0.39, 0.29) is 19.0 Å². The highest BCUT2D eigenvalue weighted by molar-refractivity contribution is 5.98. The second-order valence-electron chi connectivity index (χ2n) is 9.00. The SMILES string of the molecule is C=C(O)[C@@H](C(N)=O)N1CC2(CN(C(=O)OC(C)(C)C)CCN2CC(C)C)C1=O. The summed E-state index contributed by atoms with van der Waals surface area (Å²) in [6, 6.07) is -1.27. The van der Waals surface area contributed by atoms with Gasteiger partial charge in [-0.15, -0.1) is 0 Å². The van der Waals surface area contributed by atoms with Crippen LogP contribution in [0.5, 0.6) is 0 Å². The van der Waals surface area contributed by atoms with Crippen molar-refractivity contribution in [1.82, 2.24) is 14.7 Å². The fourth-order valence-corrected chi connectivity index (χ4v) is 3.80. The number of primary amides is 1. The molecule has 0 bridgehead atoms. The zero-order valence-electron chi connectivity index (χ0n) is 17.4. The summed E-state index contributed by atoms with van der Waals surface area (Å²) in [5.74, 6) is -1.34. The molecule has 158 valence electrons. The van der Waals surface area contributed by atoms with Crippen LogP contribution in [0.4, 0.5) is 4.79 Å². The number of aliphatic hydroxyl groups is 1. The van der Waals surface area contributed by atoms with Crippen LogP contribution in [0.3, 0.4) is 0 Å². The summed E-state index contributed by atoms with van der Waals surface area (Å²) in [6.45, 7) is 14.8. The molecule has 3 N–H and O–H groups in total. The van der Waals surface area contributed by atoms with Crippen molar-refractivity contribution in [3.05, 3.63) is 12.3 Å². The van der Waals surface area contributed by atoms with E-state index < -0.39 is 34.9 Å². The first kappa shape index (κ1) is 22.0. The quantitative estimate of drug-likeness (QED) is 0.522. The molecular weight excluding hydrogens is 364 g/mol. The minimum absolute atomic E-state index is 0.160. The molecule has 2 aliphatic rings. The first-order valence-corrected chi connectivity index (χ1v) is 9.49. The fraction of sp³-hybridized carbons (Fsp3) is 0.737. The monoisotopic (exact) mass is 396 g/mol. The number of rotatable bonds is 5. The molecule has 0 saturated carbocycles. The van der Waals surface area contributed by atoms with Gasteiger partial charge in [0, 0.05) is 19.6 Å². The number of likely N-dealkylation sites (tertiary alicyclic amines) is 1. The second kappa shape index (κ2) is 7.62. The van der Waals surface area contributed by atoms with Gasteiger partial charge in [0.25, 0.3) is 0 Å². The van der Waals surface area contributed by atoms with Crippen molar-refractivity contribution in [2.24, 2.45) is 11.7 Å². The summed E-state index contributed by atoms with van der Waals surface area (Å²) in [5.41, 5.74) is 3.74. The first-order chi connectivity index (χ1) is 12.8. The molecule has 2 atom stereocenters. The lowest BCUT2D eigenvalue weighted by Crippen LogP contribution is -2.82. The summed E-state index contributed by atoms with van der Waals surface area (Å²) in [4.78, 5) is 42.2. The molecule has 2 aliphatic heterocycles. The van der Waals surface area contributed by atoms with Gasteiger partial charge < -0.3 is 25.4 Å². The van der Waals surface area contributed by atoms with E-state index in [9.17, 15) is 19.5 Å². The molecule has 2 fully saturated rings. The normalized spacial score (nSPS) is 24.3. The van der Waals surface area contributed by atoms with Gasteiger partial charge in [-0.3, -0.25) is 14.5 Å².